The summed E-state index contributed by atoms with van der Waals surface area (Å²) in [5.41, 5.74) is 5.56. The van der Waals surface area contributed by atoms with Crippen LogP contribution in [0.2, 0.25) is 5.02 Å². The Kier molecular flexibility index (Phi) is 8.05. The molecule has 4 rings (SSSR count). The molecule has 1 aliphatic heterocycles. The van der Waals surface area contributed by atoms with Gasteiger partial charge in [0.1, 0.15) is 6.61 Å². The molecule has 1 fully saturated rings. The maximum Gasteiger partial charge on any atom is 0.162 e. The quantitative estimate of drug-likeness (QED) is 0.326. The van der Waals surface area contributed by atoms with Gasteiger partial charge >= 0.3 is 0 Å². The molecule has 0 amide bonds. The lowest BCUT2D eigenvalue weighted by atomic mass is 10.1. The van der Waals surface area contributed by atoms with Crippen molar-refractivity contribution in [2.45, 2.75) is 39.3 Å². The van der Waals surface area contributed by atoms with Crippen molar-refractivity contribution in [3.05, 3.63) is 80.8 Å². The van der Waals surface area contributed by atoms with Crippen LogP contribution in [0.15, 0.2) is 59.1 Å². The molecule has 1 saturated heterocycles. The summed E-state index contributed by atoms with van der Waals surface area (Å²) in [6.45, 7) is 5.38. The highest BCUT2D eigenvalue weighted by Crippen LogP contribution is 2.35. The molecular weight excluding hydrogens is 500 g/mol. The van der Waals surface area contributed by atoms with Crippen molar-refractivity contribution in [1.82, 2.24) is 0 Å². The molecule has 1 N–H and O–H groups in total. The molecular formula is C27H30BrClN2O2. The Labute approximate surface area is 210 Å². The van der Waals surface area contributed by atoms with Crippen molar-refractivity contribution in [1.29, 1.82) is 0 Å². The predicted octanol–water partition coefficient (Wildman–Crippen LogP) is 7.60. The number of halogens is 2. The minimum atomic E-state index is 0.495. The topological polar surface area (TPSA) is 33.7 Å². The first-order chi connectivity index (χ1) is 16.0. The van der Waals surface area contributed by atoms with Crippen LogP contribution in [0.3, 0.4) is 0 Å². The summed E-state index contributed by atoms with van der Waals surface area (Å²) in [5, 5.41) is 4.27. The van der Waals surface area contributed by atoms with Crippen molar-refractivity contribution in [3.8, 4) is 11.5 Å². The smallest absolute Gasteiger partial charge is 0.162 e. The van der Waals surface area contributed by atoms with Crippen LogP contribution in [0.1, 0.15) is 36.0 Å². The minimum Gasteiger partial charge on any atom is -0.493 e. The van der Waals surface area contributed by atoms with Crippen LogP contribution < -0.4 is 19.7 Å². The van der Waals surface area contributed by atoms with Crippen molar-refractivity contribution in [2.75, 3.05) is 30.4 Å². The van der Waals surface area contributed by atoms with Gasteiger partial charge in [-0.25, -0.2) is 0 Å². The Morgan fingerprint density at radius 1 is 0.970 bits per heavy atom. The molecule has 1 aliphatic rings. The van der Waals surface area contributed by atoms with Gasteiger partial charge in [0, 0.05) is 29.8 Å². The van der Waals surface area contributed by atoms with E-state index in [1.807, 2.05) is 30.3 Å². The van der Waals surface area contributed by atoms with E-state index in [9.17, 15) is 0 Å². The van der Waals surface area contributed by atoms with Crippen molar-refractivity contribution in [2.24, 2.45) is 0 Å². The van der Waals surface area contributed by atoms with E-state index in [1.54, 1.807) is 7.11 Å². The zero-order chi connectivity index (χ0) is 23.2. The van der Waals surface area contributed by atoms with E-state index in [4.69, 9.17) is 21.1 Å². The van der Waals surface area contributed by atoms with Gasteiger partial charge in [-0.15, -0.1) is 0 Å². The normalized spacial score (nSPS) is 13.6. The number of piperidine rings is 1. The molecule has 1 heterocycles. The molecule has 3 aromatic rings. The second-order valence-electron chi connectivity index (χ2n) is 8.38. The average molecular weight is 530 g/mol. The number of benzene rings is 3. The standard InChI is InChI=1S/C27H30BrClN2O2/c1-19-8-4-5-9-20(19)18-33-27-16-23(28)21(14-26(27)32-2)17-30-22-10-11-25(24(29)15-22)31-12-6-3-7-13-31/h4-5,8-11,14-16,30H,3,6-7,12-13,17-18H2,1-2H3. The summed E-state index contributed by atoms with van der Waals surface area (Å²) in [5.74, 6) is 1.42. The molecule has 0 aromatic heterocycles. The van der Waals surface area contributed by atoms with E-state index in [1.165, 1.54) is 24.8 Å². The van der Waals surface area contributed by atoms with E-state index in [-0.39, 0.29) is 0 Å². The highest BCUT2D eigenvalue weighted by atomic mass is 79.9. The number of rotatable bonds is 8. The third-order valence-electron chi connectivity index (χ3n) is 6.10. The van der Waals surface area contributed by atoms with Gasteiger partial charge in [-0.3, -0.25) is 0 Å². The van der Waals surface area contributed by atoms with Crippen molar-refractivity contribution >= 4 is 38.9 Å². The van der Waals surface area contributed by atoms with E-state index in [0.717, 1.165) is 45.1 Å². The fraction of sp³-hybridized carbons (Fsp3) is 0.333. The third kappa shape index (κ3) is 5.96. The maximum atomic E-state index is 6.61. The van der Waals surface area contributed by atoms with Crippen LogP contribution >= 0.6 is 27.5 Å². The molecule has 0 atom stereocenters. The van der Waals surface area contributed by atoms with Crippen molar-refractivity contribution < 1.29 is 9.47 Å². The Morgan fingerprint density at radius 2 is 1.76 bits per heavy atom. The summed E-state index contributed by atoms with van der Waals surface area (Å²) in [6.07, 6.45) is 3.77. The van der Waals surface area contributed by atoms with E-state index >= 15 is 0 Å². The lowest BCUT2D eigenvalue weighted by molar-refractivity contribution is 0.283. The van der Waals surface area contributed by atoms with E-state index < -0.39 is 0 Å². The third-order valence-corrected chi connectivity index (χ3v) is 7.15. The first-order valence-electron chi connectivity index (χ1n) is 11.4. The number of hydrogen-bond donors (Lipinski definition) is 1. The number of nitrogens with one attached hydrogen (secondary N) is 1. The molecule has 0 saturated carbocycles. The maximum absolute atomic E-state index is 6.61. The van der Waals surface area contributed by atoms with Crippen LogP contribution in [-0.2, 0) is 13.2 Å². The first-order valence-corrected chi connectivity index (χ1v) is 12.5. The Balaban J connectivity index is 1.43. The van der Waals surface area contributed by atoms with Crippen LogP contribution in [0, 0.1) is 6.92 Å². The summed E-state index contributed by atoms with van der Waals surface area (Å²) >= 11 is 10.3. The molecule has 0 bridgehead atoms. The molecule has 0 radical (unpaired) electrons. The van der Waals surface area contributed by atoms with Gasteiger partial charge in [0.05, 0.1) is 17.8 Å². The van der Waals surface area contributed by atoms with Gasteiger partial charge in [0.15, 0.2) is 11.5 Å². The highest BCUT2D eigenvalue weighted by molar-refractivity contribution is 9.10. The van der Waals surface area contributed by atoms with Crippen LogP contribution in [-0.4, -0.2) is 20.2 Å². The van der Waals surface area contributed by atoms with Crippen LogP contribution in [0.5, 0.6) is 11.5 Å². The molecule has 4 nitrogen and oxygen atoms in total. The monoisotopic (exact) mass is 528 g/mol. The number of hydrogen-bond acceptors (Lipinski definition) is 4. The summed E-state index contributed by atoms with van der Waals surface area (Å²) in [6, 6.07) is 18.4. The molecule has 33 heavy (non-hydrogen) atoms. The predicted molar refractivity (Wildman–Crippen MR) is 141 cm³/mol. The van der Waals surface area contributed by atoms with E-state index in [0.29, 0.717) is 24.7 Å². The van der Waals surface area contributed by atoms with Gasteiger partial charge in [-0.2, -0.15) is 0 Å². The van der Waals surface area contributed by atoms with Gasteiger partial charge in [0.25, 0.3) is 0 Å². The zero-order valence-corrected chi connectivity index (χ0v) is 21.5. The summed E-state index contributed by atoms with van der Waals surface area (Å²) < 4.78 is 12.7. The fourth-order valence-electron chi connectivity index (χ4n) is 4.12. The minimum absolute atomic E-state index is 0.495. The SMILES string of the molecule is COc1cc(CNc2ccc(N3CCCCC3)c(Cl)c2)c(Br)cc1OCc1ccccc1C. The fourth-order valence-corrected chi connectivity index (χ4v) is 4.88. The largest absolute Gasteiger partial charge is 0.493 e. The van der Waals surface area contributed by atoms with Gasteiger partial charge in [-0.05, 0) is 73.2 Å². The highest BCUT2D eigenvalue weighted by Gasteiger charge is 2.15. The first kappa shape index (κ1) is 23.8. The number of aryl methyl sites for hydroxylation is 1. The number of nitrogens with zero attached hydrogens (tertiary/aromatic N) is 1. The van der Waals surface area contributed by atoms with Crippen LogP contribution in [0.4, 0.5) is 11.4 Å². The molecule has 174 valence electrons. The van der Waals surface area contributed by atoms with E-state index in [2.05, 4.69) is 57.3 Å². The Morgan fingerprint density at radius 3 is 2.48 bits per heavy atom. The molecule has 3 aromatic carbocycles. The van der Waals surface area contributed by atoms with Crippen LogP contribution in [0.25, 0.3) is 0 Å². The Bertz CT molecular complexity index is 1100. The molecule has 6 heteroatoms. The molecule has 0 unspecified atom stereocenters. The second kappa shape index (κ2) is 11.2. The Hall–Kier alpha value is -2.37. The summed E-state index contributed by atoms with van der Waals surface area (Å²) in [4.78, 5) is 2.38. The second-order valence-corrected chi connectivity index (χ2v) is 9.64. The molecule has 0 aliphatic carbocycles. The lowest BCUT2D eigenvalue weighted by Gasteiger charge is -2.29. The summed E-state index contributed by atoms with van der Waals surface area (Å²) in [7, 11) is 1.67. The lowest BCUT2D eigenvalue weighted by Crippen LogP contribution is -2.29. The van der Waals surface area contributed by atoms with Crippen molar-refractivity contribution in [3.63, 3.8) is 0 Å². The number of methoxy groups -OCH3 is 1. The number of anilines is 2. The molecule has 0 spiro atoms. The zero-order valence-electron chi connectivity index (χ0n) is 19.2. The van der Waals surface area contributed by atoms with Gasteiger partial charge < -0.3 is 19.7 Å². The van der Waals surface area contributed by atoms with Gasteiger partial charge in [-0.1, -0.05) is 51.8 Å². The average Bonchev–Trinajstić information content (AvgIpc) is 2.83. The number of ether oxygens (including phenoxy) is 2. The van der Waals surface area contributed by atoms with Gasteiger partial charge in [0.2, 0.25) is 0 Å².